The van der Waals surface area contributed by atoms with Gasteiger partial charge in [0, 0.05) is 29.1 Å². The van der Waals surface area contributed by atoms with Crippen LogP contribution in [0, 0.1) is 0 Å². The number of halogens is 1. The van der Waals surface area contributed by atoms with Crippen molar-refractivity contribution in [3.8, 4) is 0 Å². The average molecular weight is 316 g/mol. The summed E-state index contributed by atoms with van der Waals surface area (Å²) in [5, 5.41) is 10.1. The molecule has 4 heteroatoms. The third-order valence-corrected chi connectivity index (χ3v) is 3.52. The lowest BCUT2D eigenvalue weighted by Gasteiger charge is -2.08. The molecule has 2 aromatic carbocycles. The van der Waals surface area contributed by atoms with E-state index in [0.29, 0.717) is 0 Å². The zero-order valence-corrected chi connectivity index (χ0v) is 12.0. The van der Waals surface area contributed by atoms with Crippen LogP contribution in [-0.2, 0) is 6.54 Å². The van der Waals surface area contributed by atoms with E-state index >= 15 is 0 Å². The van der Waals surface area contributed by atoms with Gasteiger partial charge in [0.05, 0.1) is 6.54 Å². The Morgan fingerprint density at radius 3 is 2.79 bits per heavy atom. The van der Waals surface area contributed by atoms with Crippen LogP contribution in [0.25, 0.3) is 10.8 Å². The SMILES string of the molecule is Brc1ccc2cc(NCCn3cccn3)ccc2c1. The molecule has 3 aromatic rings. The van der Waals surface area contributed by atoms with Crippen LogP contribution < -0.4 is 5.32 Å². The van der Waals surface area contributed by atoms with Crippen molar-refractivity contribution in [3.63, 3.8) is 0 Å². The number of nitrogens with one attached hydrogen (secondary N) is 1. The lowest BCUT2D eigenvalue weighted by molar-refractivity contribution is 0.638. The van der Waals surface area contributed by atoms with E-state index in [1.807, 2.05) is 16.9 Å². The minimum Gasteiger partial charge on any atom is -0.383 e. The highest BCUT2D eigenvalue weighted by Crippen LogP contribution is 2.22. The summed E-state index contributed by atoms with van der Waals surface area (Å²) < 4.78 is 3.03. The van der Waals surface area contributed by atoms with Gasteiger partial charge in [-0.25, -0.2) is 0 Å². The Balaban J connectivity index is 1.69. The number of nitrogens with zero attached hydrogens (tertiary/aromatic N) is 2. The quantitative estimate of drug-likeness (QED) is 0.791. The molecule has 0 aliphatic carbocycles. The molecule has 0 saturated heterocycles. The van der Waals surface area contributed by atoms with E-state index in [0.717, 1.165) is 23.2 Å². The normalized spacial score (nSPS) is 10.8. The van der Waals surface area contributed by atoms with Gasteiger partial charge in [-0.1, -0.05) is 28.1 Å². The average Bonchev–Trinajstić information content (AvgIpc) is 2.92. The molecule has 1 heterocycles. The molecule has 0 fully saturated rings. The number of rotatable bonds is 4. The minimum absolute atomic E-state index is 0.865. The van der Waals surface area contributed by atoms with Gasteiger partial charge in [-0.3, -0.25) is 4.68 Å². The Morgan fingerprint density at radius 2 is 1.95 bits per heavy atom. The lowest BCUT2D eigenvalue weighted by Crippen LogP contribution is -2.10. The van der Waals surface area contributed by atoms with Gasteiger partial charge in [-0.2, -0.15) is 5.10 Å². The smallest absolute Gasteiger partial charge is 0.0582 e. The molecule has 1 N–H and O–H groups in total. The number of benzene rings is 2. The van der Waals surface area contributed by atoms with E-state index in [-0.39, 0.29) is 0 Å². The molecule has 0 atom stereocenters. The van der Waals surface area contributed by atoms with Gasteiger partial charge in [0.1, 0.15) is 0 Å². The zero-order valence-electron chi connectivity index (χ0n) is 10.4. The molecule has 0 radical (unpaired) electrons. The molecule has 0 aliphatic heterocycles. The number of hydrogen-bond acceptors (Lipinski definition) is 2. The van der Waals surface area contributed by atoms with Gasteiger partial charge < -0.3 is 5.32 Å². The van der Waals surface area contributed by atoms with Crippen molar-refractivity contribution in [1.82, 2.24) is 9.78 Å². The molecule has 0 bridgehead atoms. The van der Waals surface area contributed by atoms with Crippen molar-refractivity contribution in [2.75, 3.05) is 11.9 Å². The molecule has 0 spiro atoms. The predicted octanol–water partition coefficient (Wildman–Crippen LogP) is 3.91. The highest BCUT2D eigenvalue weighted by atomic mass is 79.9. The molecule has 0 unspecified atom stereocenters. The van der Waals surface area contributed by atoms with Gasteiger partial charge >= 0.3 is 0 Å². The highest BCUT2D eigenvalue weighted by Gasteiger charge is 1.97. The molecule has 0 aliphatic rings. The van der Waals surface area contributed by atoms with Gasteiger partial charge in [-0.05, 0) is 41.1 Å². The Labute approximate surface area is 120 Å². The molecule has 0 saturated carbocycles. The van der Waals surface area contributed by atoms with Crippen LogP contribution in [0.4, 0.5) is 5.69 Å². The summed E-state index contributed by atoms with van der Waals surface area (Å²) in [6, 6.07) is 14.7. The van der Waals surface area contributed by atoms with Crippen LogP contribution >= 0.6 is 15.9 Å². The summed E-state index contributed by atoms with van der Waals surface area (Å²) >= 11 is 3.49. The maximum atomic E-state index is 4.18. The molecular formula is C15H14BrN3. The molecule has 3 rings (SSSR count). The summed E-state index contributed by atoms with van der Waals surface area (Å²) in [6.07, 6.45) is 3.77. The van der Waals surface area contributed by atoms with E-state index < -0.39 is 0 Å². The minimum atomic E-state index is 0.865. The fourth-order valence-electron chi connectivity index (χ4n) is 2.07. The second kappa shape index (κ2) is 5.45. The van der Waals surface area contributed by atoms with E-state index in [1.165, 1.54) is 10.8 Å². The maximum Gasteiger partial charge on any atom is 0.0582 e. The Morgan fingerprint density at radius 1 is 1.11 bits per heavy atom. The van der Waals surface area contributed by atoms with E-state index in [4.69, 9.17) is 0 Å². The fraction of sp³-hybridized carbons (Fsp3) is 0.133. The Kier molecular flexibility index (Phi) is 3.51. The van der Waals surface area contributed by atoms with Crippen molar-refractivity contribution in [3.05, 3.63) is 59.3 Å². The van der Waals surface area contributed by atoms with Crippen LogP contribution in [0.2, 0.25) is 0 Å². The van der Waals surface area contributed by atoms with Gasteiger partial charge in [0.15, 0.2) is 0 Å². The van der Waals surface area contributed by atoms with Gasteiger partial charge in [0.2, 0.25) is 0 Å². The first kappa shape index (κ1) is 12.2. The largest absolute Gasteiger partial charge is 0.383 e. The fourth-order valence-corrected chi connectivity index (χ4v) is 2.45. The summed E-state index contributed by atoms with van der Waals surface area (Å²) in [7, 11) is 0. The predicted molar refractivity (Wildman–Crippen MR) is 82.4 cm³/mol. The Bertz CT molecular complexity index is 677. The van der Waals surface area contributed by atoms with Crippen molar-refractivity contribution in [2.24, 2.45) is 0 Å². The summed E-state index contributed by atoms with van der Waals surface area (Å²) in [5.74, 6) is 0. The summed E-state index contributed by atoms with van der Waals surface area (Å²) in [6.45, 7) is 1.73. The second-order valence-electron chi connectivity index (χ2n) is 4.40. The number of aromatic nitrogens is 2. The summed E-state index contributed by atoms with van der Waals surface area (Å²) in [4.78, 5) is 0. The number of anilines is 1. The van der Waals surface area contributed by atoms with Crippen molar-refractivity contribution in [2.45, 2.75) is 6.54 Å². The molecule has 19 heavy (non-hydrogen) atoms. The maximum absolute atomic E-state index is 4.18. The van der Waals surface area contributed by atoms with Gasteiger partial charge in [-0.15, -0.1) is 0 Å². The first-order valence-corrected chi connectivity index (χ1v) is 7.01. The first-order chi connectivity index (χ1) is 9.31. The van der Waals surface area contributed by atoms with Crippen LogP contribution in [0.3, 0.4) is 0 Å². The standard InChI is InChI=1S/C15H14BrN3/c16-14-4-2-13-11-15(5-3-12(13)10-14)17-7-9-19-8-1-6-18-19/h1-6,8,10-11,17H,7,9H2. The van der Waals surface area contributed by atoms with Crippen molar-refractivity contribution >= 4 is 32.4 Å². The lowest BCUT2D eigenvalue weighted by atomic mass is 10.1. The van der Waals surface area contributed by atoms with Crippen molar-refractivity contribution in [1.29, 1.82) is 0 Å². The first-order valence-electron chi connectivity index (χ1n) is 6.22. The van der Waals surface area contributed by atoms with E-state index in [1.54, 1.807) is 6.20 Å². The zero-order chi connectivity index (χ0) is 13.1. The van der Waals surface area contributed by atoms with E-state index in [2.05, 4.69) is 62.7 Å². The van der Waals surface area contributed by atoms with Crippen LogP contribution in [0.1, 0.15) is 0 Å². The monoisotopic (exact) mass is 315 g/mol. The summed E-state index contributed by atoms with van der Waals surface area (Å²) in [5.41, 5.74) is 1.14. The molecular weight excluding hydrogens is 302 g/mol. The van der Waals surface area contributed by atoms with Crippen LogP contribution in [0.15, 0.2) is 59.3 Å². The topological polar surface area (TPSA) is 29.9 Å². The number of hydrogen-bond donors (Lipinski definition) is 1. The molecule has 96 valence electrons. The van der Waals surface area contributed by atoms with E-state index in [9.17, 15) is 0 Å². The second-order valence-corrected chi connectivity index (χ2v) is 5.32. The molecule has 3 nitrogen and oxygen atoms in total. The Hall–Kier alpha value is -1.81. The third-order valence-electron chi connectivity index (χ3n) is 3.03. The molecule has 1 aromatic heterocycles. The number of fused-ring (bicyclic) bond motifs is 1. The van der Waals surface area contributed by atoms with Crippen LogP contribution in [-0.4, -0.2) is 16.3 Å². The third kappa shape index (κ3) is 2.96. The highest BCUT2D eigenvalue weighted by molar-refractivity contribution is 9.10. The molecule has 0 amide bonds. The van der Waals surface area contributed by atoms with Crippen molar-refractivity contribution < 1.29 is 0 Å². The van der Waals surface area contributed by atoms with Crippen LogP contribution in [0.5, 0.6) is 0 Å². The van der Waals surface area contributed by atoms with Gasteiger partial charge in [0.25, 0.3) is 0 Å².